The summed E-state index contributed by atoms with van der Waals surface area (Å²) in [7, 11) is 1.58. The number of amides is 1. The Hall–Kier alpha value is -1.72. The van der Waals surface area contributed by atoms with Crippen molar-refractivity contribution in [1.29, 1.82) is 0 Å². The molecule has 0 heterocycles. The number of anilines is 2. The van der Waals surface area contributed by atoms with Crippen molar-refractivity contribution in [3.05, 3.63) is 51.5 Å². The van der Waals surface area contributed by atoms with Gasteiger partial charge in [0.05, 0.1) is 11.6 Å². The van der Waals surface area contributed by atoms with Crippen LogP contribution < -0.4 is 15.8 Å². The average molecular weight is 356 g/mol. The van der Waals surface area contributed by atoms with E-state index in [-0.39, 0.29) is 5.91 Å². The van der Waals surface area contributed by atoms with Crippen LogP contribution in [0, 0.1) is 0 Å². The van der Waals surface area contributed by atoms with E-state index in [4.69, 9.17) is 22.1 Å². The largest absolute Gasteiger partial charge is 0.496 e. The van der Waals surface area contributed by atoms with Crippen molar-refractivity contribution in [1.82, 2.24) is 0 Å². The molecule has 0 aliphatic heterocycles. The highest BCUT2D eigenvalue weighted by Gasteiger charge is 2.09. The molecule has 0 saturated carbocycles. The van der Waals surface area contributed by atoms with Crippen LogP contribution in [-0.2, 0) is 0 Å². The zero-order valence-corrected chi connectivity index (χ0v) is 13.0. The Labute approximate surface area is 130 Å². The molecule has 0 aliphatic rings. The molecule has 0 unspecified atom stereocenters. The molecule has 2 aromatic rings. The molecule has 0 atom stereocenters. The minimum Gasteiger partial charge on any atom is -0.496 e. The fraction of sp³-hybridized carbons (Fsp3) is 0.0714. The van der Waals surface area contributed by atoms with Crippen LogP contribution in [0.3, 0.4) is 0 Å². The zero-order chi connectivity index (χ0) is 14.7. The number of carbonyl (C=O) groups excluding carboxylic acids is 1. The van der Waals surface area contributed by atoms with Gasteiger partial charge in [0, 0.05) is 22.0 Å². The number of benzene rings is 2. The molecule has 1 amide bonds. The normalized spacial score (nSPS) is 10.2. The highest BCUT2D eigenvalue weighted by Crippen LogP contribution is 2.28. The Balaban J connectivity index is 2.21. The van der Waals surface area contributed by atoms with E-state index in [1.807, 2.05) is 0 Å². The predicted molar refractivity (Wildman–Crippen MR) is 84.5 cm³/mol. The second-order valence-electron chi connectivity index (χ2n) is 4.08. The topological polar surface area (TPSA) is 64.3 Å². The van der Waals surface area contributed by atoms with E-state index in [9.17, 15) is 4.79 Å². The highest BCUT2D eigenvalue weighted by atomic mass is 79.9. The summed E-state index contributed by atoms with van der Waals surface area (Å²) in [6, 6.07) is 9.97. The van der Waals surface area contributed by atoms with Crippen LogP contribution in [0.1, 0.15) is 10.4 Å². The fourth-order valence-electron chi connectivity index (χ4n) is 1.69. The van der Waals surface area contributed by atoms with Crippen molar-refractivity contribution in [2.24, 2.45) is 0 Å². The maximum absolute atomic E-state index is 12.1. The predicted octanol–water partition coefficient (Wildman–Crippen LogP) is 3.95. The van der Waals surface area contributed by atoms with Crippen molar-refractivity contribution < 1.29 is 9.53 Å². The van der Waals surface area contributed by atoms with Crippen molar-refractivity contribution in [2.75, 3.05) is 18.2 Å². The molecule has 2 rings (SSSR count). The van der Waals surface area contributed by atoms with Crippen LogP contribution in [0.15, 0.2) is 40.9 Å². The Morgan fingerprint density at radius 3 is 2.65 bits per heavy atom. The van der Waals surface area contributed by atoms with E-state index in [2.05, 4.69) is 21.2 Å². The molecule has 2 aromatic carbocycles. The van der Waals surface area contributed by atoms with Gasteiger partial charge in [0.2, 0.25) is 0 Å². The monoisotopic (exact) mass is 354 g/mol. The summed E-state index contributed by atoms with van der Waals surface area (Å²) in [4.78, 5) is 12.1. The first-order valence-electron chi connectivity index (χ1n) is 5.70. The van der Waals surface area contributed by atoms with Gasteiger partial charge in [-0.25, -0.2) is 0 Å². The smallest absolute Gasteiger partial charge is 0.255 e. The summed E-state index contributed by atoms with van der Waals surface area (Å²) in [5, 5.41) is 3.19. The maximum atomic E-state index is 12.1. The first-order valence-corrected chi connectivity index (χ1v) is 6.87. The van der Waals surface area contributed by atoms with Gasteiger partial charge in [-0.3, -0.25) is 4.79 Å². The number of methoxy groups -OCH3 is 1. The molecule has 0 fully saturated rings. The third-order valence-corrected chi connectivity index (χ3v) is 3.43. The van der Waals surface area contributed by atoms with Gasteiger partial charge < -0.3 is 15.8 Å². The Morgan fingerprint density at radius 1 is 1.30 bits per heavy atom. The highest BCUT2D eigenvalue weighted by molar-refractivity contribution is 9.10. The molecular weight excluding hydrogens is 344 g/mol. The molecule has 6 heteroatoms. The number of nitrogen functional groups attached to an aromatic ring is 1. The summed E-state index contributed by atoms with van der Waals surface area (Å²) in [5.41, 5.74) is 7.15. The first kappa shape index (κ1) is 14.7. The van der Waals surface area contributed by atoms with Gasteiger partial charge in [-0.05, 0) is 52.3 Å². The number of hydrogen-bond acceptors (Lipinski definition) is 3. The minimum atomic E-state index is -0.281. The molecule has 0 radical (unpaired) electrons. The summed E-state index contributed by atoms with van der Waals surface area (Å²) >= 11 is 9.24. The zero-order valence-electron chi connectivity index (χ0n) is 10.6. The number of nitrogens with one attached hydrogen (secondary N) is 1. The molecular formula is C14H12BrClN2O2. The van der Waals surface area contributed by atoms with Gasteiger partial charge in [-0.2, -0.15) is 0 Å². The van der Waals surface area contributed by atoms with Crippen molar-refractivity contribution >= 4 is 44.8 Å². The maximum Gasteiger partial charge on any atom is 0.255 e. The summed E-state index contributed by atoms with van der Waals surface area (Å²) < 4.78 is 5.88. The van der Waals surface area contributed by atoms with E-state index >= 15 is 0 Å². The Kier molecular flexibility index (Phi) is 4.52. The molecule has 0 bridgehead atoms. The third-order valence-electron chi connectivity index (χ3n) is 2.59. The lowest BCUT2D eigenvalue weighted by Crippen LogP contribution is -2.12. The van der Waals surface area contributed by atoms with Crippen molar-refractivity contribution in [2.45, 2.75) is 0 Å². The SMILES string of the molecule is COc1ccc(NC(=O)c2cc(N)cc(Cl)c2)cc1Br. The van der Waals surface area contributed by atoms with Crippen LogP contribution in [0.2, 0.25) is 5.02 Å². The molecule has 20 heavy (non-hydrogen) atoms. The minimum absolute atomic E-state index is 0.281. The number of ether oxygens (including phenoxy) is 1. The second-order valence-corrected chi connectivity index (χ2v) is 5.37. The summed E-state index contributed by atoms with van der Waals surface area (Å²) in [5.74, 6) is 0.409. The van der Waals surface area contributed by atoms with Crippen LogP contribution in [-0.4, -0.2) is 13.0 Å². The number of hydrogen-bond donors (Lipinski definition) is 2. The third kappa shape index (κ3) is 3.43. The van der Waals surface area contributed by atoms with Gasteiger partial charge in [0.1, 0.15) is 5.75 Å². The van der Waals surface area contributed by atoms with Crippen LogP contribution in [0.25, 0.3) is 0 Å². The first-order chi connectivity index (χ1) is 9.49. The lowest BCUT2D eigenvalue weighted by Gasteiger charge is -2.09. The molecule has 4 nitrogen and oxygen atoms in total. The standard InChI is InChI=1S/C14H12BrClN2O2/c1-20-13-3-2-11(7-12(13)15)18-14(19)8-4-9(16)6-10(17)5-8/h2-7H,17H2,1H3,(H,18,19). The van der Waals surface area contributed by atoms with Gasteiger partial charge in [-0.1, -0.05) is 11.6 Å². The quantitative estimate of drug-likeness (QED) is 0.820. The Morgan fingerprint density at radius 2 is 2.05 bits per heavy atom. The van der Waals surface area contributed by atoms with E-state index in [1.54, 1.807) is 43.5 Å². The number of carbonyl (C=O) groups is 1. The van der Waals surface area contributed by atoms with Crippen molar-refractivity contribution in [3.8, 4) is 5.75 Å². The van der Waals surface area contributed by atoms with Gasteiger partial charge in [-0.15, -0.1) is 0 Å². The number of nitrogens with two attached hydrogens (primary N) is 1. The number of rotatable bonds is 3. The van der Waals surface area contributed by atoms with Gasteiger partial charge >= 0.3 is 0 Å². The molecule has 0 saturated heterocycles. The van der Waals surface area contributed by atoms with E-state index < -0.39 is 0 Å². The second kappa shape index (κ2) is 6.15. The fourth-order valence-corrected chi connectivity index (χ4v) is 2.48. The molecule has 0 aliphatic carbocycles. The number of halogens is 2. The summed E-state index contributed by atoms with van der Waals surface area (Å²) in [6.07, 6.45) is 0. The van der Waals surface area contributed by atoms with Crippen LogP contribution in [0.5, 0.6) is 5.75 Å². The molecule has 3 N–H and O–H groups in total. The molecule has 104 valence electrons. The van der Waals surface area contributed by atoms with E-state index in [0.717, 1.165) is 4.47 Å². The van der Waals surface area contributed by atoms with Gasteiger partial charge in [0.25, 0.3) is 5.91 Å². The molecule has 0 aromatic heterocycles. The lowest BCUT2D eigenvalue weighted by molar-refractivity contribution is 0.102. The Bertz CT molecular complexity index is 641. The lowest BCUT2D eigenvalue weighted by atomic mass is 10.2. The van der Waals surface area contributed by atoms with Crippen LogP contribution >= 0.6 is 27.5 Å². The average Bonchev–Trinajstić information content (AvgIpc) is 2.37. The van der Waals surface area contributed by atoms with E-state index in [0.29, 0.717) is 27.7 Å². The molecule has 0 spiro atoms. The summed E-state index contributed by atoms with van der Waals surface area (Å²) in [6.45, 7) is 0. The van der Waals surface area contributed by atoms with Crippen molar-refractivity contribution in [3.63, 3.8) is 0 Å². The van der Waals surface area contributed by atoms with Gasteiger partial charge in [0.15, 0.2) is 0 Å². The van der Waals surface area contributed by atoms with E-state index in [1.165, 1.54) is 0 Å². The van der Waals surface area contributed by atoms with Crippen LogP contribution in [0.4, 0.5) is 11.4 Å².